The fraction of sp³-hybridized carbons (Fsp3) is 0.385. The van der Waals surface area contributed by atoms with E-state index >= 15 is 0 Å². The van der Waals surface area contributed by atoms with Gasteiger partial charge in [0, 0.05) is 41.1 Å². The number of hydrogen-bond donors (Lipinski definition) is 1. The van der Waals surface area contributed by atoms with E-state index in [0.29, 0.717) is 18.7 Å². The third kappa shape index (κ3) is 3.51. The lowest BCUT2D eigenvalue weighted by atomic mass is 10.1. The van der Waals surface area contributed by atoms with Gasteiger partial charge in [-0.05, 0) is 30.2 Å². The zero-order chi connectivity index (χ0) is 14.0. The van der Waals surface area contributed by atoms with Crippen molar-refractivity contribution in [2.75, 3.05) is 6.54 Å². The maximum Gasteiger partial charge on any atom is 0.389 e. The molecule has 0 fully saturated rings. The van der Waals surface area contributed by atoms with E-state index in [-0.39, 0.29) is 6.42 Å². The quantitative estimate of drug-likeness (QED) is 0.904. The molecule has 1 heterocycles. The molecule has 2 aromatic rings. The Morgan fingerprint density at radius 3 is 2.63 bits per heavy atom. The Kier molecular flexibility index (Phi) is 4.20. The molecule has 0 aliphatic carbocycles. The molecular weight excluding hydrogens is 321 g/mol. The predicted octanol–water partition coefficient (Wildman–Crippen LogP) is 3.86. The van der Waals surface area contributed by atoms with Gasteiger partial charge in [0.2, 0.25) is 0 Å². The van der Waals surface area contributed by atoms with Gasteiger partial charge in [-0.3, -0.25) is 0 Å². The van der Waals surface area contributed by atoms with Gasteiger partial charge in [-0.25, -0.2) is 0 Å². The molecule has 104 valence electrons. The van der Waals surface area contributed by atoms with Gasteiger partial charge in [0.1, 0.15) is 0 Å². The molecule has 0 aliphatic heterocycles. The van der Waals surface area contributed by atoms with Crippen molar-refractivity contribution in [2.45, 2.75) is 25.6 Å². The molecule has 0 bridgehead atoms. The van der Waals surface area contributed by atoms with E-state index in [0.717, 1.165) is 15.4 Å². The molecule has 0 saturated heterocycles. The Morgan fingerprint density at radius 2 is 2.00 bits per heavy atom. The zero-order valence-corrected chi connectivity index (χ0v) is 11.8. The van der Waals surface area contributed by atoms with Crippen LogP contribution < -0.4 is 5.73 Å². The van der Waals surface area contributed by atoms with Gasteiger partial charge in [-0.1, -0.05) is 15.9 Å². The summed E-state index contributed by atoms with van der Waals surface area (Å²) in [4.78, 5) is 0. The summed E-state index contributed by atoms with van der Waals surface area (Å²) >= 11 is 3.35. The summed E-state index contributed by atoms with van der Waals surface area (Å²) in [6.45, 7) is 1.06. The Morgan fingerprint density at radius 1 is 1.26 bits per heavy atom. The molecule has 6 heteroatoms. The fourth-order valence-electron chi connectivity index (χ4n) is 2.14. The molecule has 1 aromatic carbocycles. The average molecular weight is 335 g/mol. The van der Waals surface area contributed by atoms with Crippen molar-refractivity contribution in [1.82, 2.24) is 4.57 Å². The van der Waals surface area contributed by atoms with Crippen LogP contribution in [0.2, 0.25) is 0 Å². The molecule has 0 atom stereocenters. The number of rotatable bonds is 4. The number of fused-ring (bicyclic) bond motifs is 1. The number of hydrogen-bond acceptors (Lipinski definition) is 1. The van der Waals surface area contributed by atoms with Crippen molar-refractivity contribution in [3.8, 4) is 0 Å². The molecule has 0 aliphatic rings. The maximum atomic E-state index is 12.3. The Bertz CT molecular complexity index is 575. The van der Waals surface area contributed by atoms with Gasteiger partial charge in [0.05, 0.1) is 0 Å². The van der Waals surface area contributed by atoms with Gasteiger partial charge in [-0.15, -0.1) is 0 Å². The highest BCUT2D eigenvalue weighted by Gasteiger charge is 2.27. The third-order valence-corrected chi connectivity index (χ3v) is 3.47. The second-order valence-electron chi connectivity index (χ2n) is 4.41. The highest BCUT2D eigenvalue weighted by molar-refractivity contribution is 9.10. The number of benzene rings is 1. The van der Waals surface area contributed by atoms with Crippen LogP contribution >= 0.6 is 15.9 Å². The summed E-state index contributed by atoms with van der Waals surface area (Å²) in [6, 6.07) is 5.63. The summed E-state index contributed by atoms with van der Waals surface area (Å²) in [5.74, 6) is 0. The molecule has 2 rings (SSSR count). The van der Waals surface area contributed by atoms with E-state index in [1.54, 1.807) is 6.20 Å². The number of halogens is 4. The number of alkyl halides is 3. The maximum absolute atomic E-state index is 12.3. The van der Waals surface area contributed by atoms with Crippen molar-refractivity contribution in [1.29, 1.82) is 0 Å². The molecule has 2 nitrogen and oxygen atoms in total. The Hall–Kier alpha value is -1.01. The molecule has 0 unspecified atom stereocenters. The minimum atomic E-state index is -4.13. The van der Waals surface area contributed by atoms with Crippen LogP contribution in [0.3, 0.4) is 0 Å². The molecular formula is C13H14BrF3N2. The standard InChI is InChI=1S/C13H14BrF3N2/c14-10-1-2-12-11(7-10)9(3-4-13(15,16)17)8-19(12)6-5-18/h1-2,7-8H,3-6,18H2. The van der Waals surface area contributed by atoms with Gasteiger partial charge in [0.15, 0.2) is 0 Å². The van der Waals surface area contributed by atoms with E-state index in [4.69, 9.17) is 5.73 Å². The molecule has 0 radical (unpaired) electrons. The smallest absolute Gasteiger partial charge is 0.346 e. The highest BCUT2D eigenvalue weighted by atomic mass is 79.9. The van der Waals surface area contributed by atoms with Crippen LogP contribution in [0.25, 0.3) is 10.9 Å². The lowest BCUT2D eigenvalue weighted by Gasteiger charge is -2.04. The van der Waals surface area contributed by atoms with E-state index < -0.39 is 12.6 Å². The first kappa shape index (κ1) is 14.4. The second-order valence-corrected chi connectivity index (χ2v) is 5.33. The van der Waals surface area contributed by atoms with E-state index in [9.17, 15) is 13.2 Å². The Labute approximate surface area is 117 Å². The predicted molar refractivity (Wildman–Crippen MR) is 73.1 cm³/mol. The number of aromatic nitrogens is 1. The fourth-order valence-corrected chi connectivity index (χ4v) is 2.50. The van der Waals surface area contributed by atoms with E-state index in [1.165, 1.54) is 0 Å². The van der Waals surface area contributed by atoms with Crippen LogP contribution in [0.4, 0.5) is 13.2 Å². The largest absolute Gasteiger partial charge is 0.389 e. The summed E-state index contributed by atoms with van der Waals surface area (Å²) in [5, 5.41) is 0.854. The molecule has 1 aromatic heterocycles. The SMILES string of the molecule is NCCn1cc(CCC(F)(F)F)c2cc(Br)ccc21. The molecule has 0 amide bonds. The number of aryl methyl sites for hydroxylation is 1. The van der Waals surface area contributed by atoms with Crippen LogP contribution in [0.15, 0.2) is 28.9 Å². The first-order valence-corrected chi connectivity index (χ1v) is 6.74. The van der Waals surface area contributed by atoms with Crippen molar-refractivity contribution in [3.05, 3.63) is 34.4 Å². The summed E-state index contributed by atoms with van der Waals surface area (Å²) < 4.78 is 39.8. The van der Waals surface area contributed by atoms with Crippen molar-refractivity contribution < 1.29 is 13.2 Å². The lowest BCUT2D eigenvalue weighted by molar-refractivity contribution is -0.133. The zero-order valence-electron chi connectivity index (χ0n) is 10.2. The molecule has 19 heavy (non-hydrogen) atoms. The van der Waals surface area contributed by atoms with Crippen molar-refractivity contribution in [3.63, 3.8) is 0 Å². The van der Waals surface area contributed by atoms with Crippen LogP contribution in [-0.2, 0) is 13.0 Å². The van der Waals surface area contributed by atoms with E-state index in [2.05, 4.69) is 15.9 Å². The van der Waals surface area contributed by atoms with Crippen molar-refractivity contribution in [2.24, 2.45) is 5.73 Å². The number of nitrogens with zero attached hydrogens (tertiary/aromatic N) is 1. The highest BCUT2D eigenvalue weighted by Crippen LogP contribution is 2.29. The summed E-state index contributed by atoms with van der Waals surface area (Å²) in [5.41, 5.74) is 7.16. The van der Waals surface area contributed by atoms with Crippen LogP contribution in [0.5, 0.6) is 0 Å². The summed E-state index contributed by atoms with van der Waals surface area (Å²) in [7, 11) is 0. The van der Waals surface area contributed by atoms with E-state index in [1.807, 2.05) is 22.8 Å². The van der Waals surface area contributed by atoms with Crippen molar-refractivity contribution >= 4 is 26.8 Å². The van der Waals surface area contributed by atoms with Gasteiger partial charge in [-0.2, -0.15) is 13.2 Å². The van der Waals surface area contributed by atoms with Crippen LogP contribution in [0.1, 0.15) is 12.0 Å². The average Bonchev–Trinajstić information content (AvgIpc) is 2.64. The van der Waals surface area contributed by atoms with Crippen LogP contribution in [0, 0.1) is 0 Å². The van der Waals surface area contributed by atoms with Gasteiger partial charge < -0.3 is 10.3 Å². The molecule has 0 spiro atoms. The first-order chi connectivity index (χ1) is 8.90. The molecule has 2 N–H and O–H groups in total. The monoisotopic (exact) mass is 334 g/mol. The first-order valence-electron chi connectivity index (χ1n) is 5.95. The minimum Gasteiger partial charge on any atom is -0.346 e. The second kappa shape index (κ2) is 5.54. The topological polar surface area (TPSA) is 30.9 Å². The molecule has 0 saturated carbocycles. The minimum absolute atomic E-state index is 0.00593. The number of nitrogens with two attached hydrogens (primary N) is 1. The lowest BCUT2D eigenvalue weighted by Crippen LogP contribution is -2.09. The normalized spacial score (nSPS) is 12.3. The van der Waals surface area contributed by atoms with Gasteiger partial charge >= 0.3 is 6.18 Å². The summed E-state index contributed by atoms with van der Waals surface area (Å²) in [6.07, 6.45) is -3.17. The Balaban J connectivity index is 2.39. The third-order valence-electron chi connectivity index (χ3n) is 2.97. The van der Waals surface area contributed by atoms with Crippen LogP contribution in [-0.4, -0.2) is 17.3 Å². The van der Waals surface area contributed by atoms with Gasteiger partial charge in [0.25, 0.3) is 0 Å².